The van der Waals surface area contributed by atoms with Crippen molar-refractivity contribution in [1.82, 2.24) is 10.9 Å². The van der Waals surface area contributed by atoms with E-state index in [0.717, 1.165) is 16.6 Å². The van der Waals surface area contributed by atoms with Crippen molar-refractivity contribution in [1.29, 1.82) is 0 Å². The SMILES string of the molecule is CCCOc1ccc(C(=O)NNC(=O)C2CCN(c3cccc(Br)c3)C2=O)cc1OC. The molecule has 31 heavy (non-hydrogen) atoms. The van der Waals surface area contributed by atoms with Crippen LogP contribution in [0.15, 0.2) is 46.9 Å². The molecule has 164 valence electrons. The van der Waals surface area contributed by atoms with Crippen molar-refractivity contribution in [2.45, 2.75) is 19.8 Å². The molecular weight excluding hydrogens is 466 g/mol. The van der Waals surface area contributed by atoms with Crippen molar-refractivity contribution in [3.8, 4) is 11.5 Å². The minimum atomic E-state index is -0.862. The molecule has 1 aliphatic heterocycles. The topological polar surface area (TPSA) is 97.0 Å². The van der Waals surface area contributed by atoms with Crippen LogP contribution in [0.2, 0.25) is 0 Å². The Hall–Kier alpha value is -3.07. The summed E-state index contributed by atoms with van der Waals surface area (Å²) in [6.07, 6.45) is 1.21. The molecule has 1 fully saturated rings. The summed E-state index contributed by atoms with van der Waals surface area (Å²) in [5.74, 6) is -1.28. The second-order valence-electron chi connectivity index (χ2n) is 6.97. The molecule has 2 aromatic rings. The van der Waals surface area contributed by atoms with E-state index in [9.17, 15) is 14.4 Å². The Morgan fingerprint density at radius 3 is 2.68 bits per heavy atom. The van der Waals surface area contributed by atoms with Crippen molar-refractivity contribution >= 4 is 39.3 Å². The molecule has 1 saturated heterocycles. The number of amides is 3. The molecule has 1 atom stereocenters. The average Bonchev–Trinajstić information content (AvgIpc) is 3.17. The standard InChI is InChI=1S/C22H24BrN3O5/c1-3-11-31-18-8-7-14(12-19(18)30-2)20(27)24-25-21(28)17-9-10-26(22(17)29)16-6-4-5-15(23)13-16/h4-8,12-13,17H,3,9-11H2,1-2H3,(H,24,27)(H,25,28). The fourth-order valence-electron chi connectivity index (χ4n) is 3.24. The van der Waals surface area contributed by atoms with Crippen LogP contribution in [-0.2, 0) is 9.59 Å². The quantitative estimate of drug-likeness (QED) is 0.460. The number of anilines is 1. The monoisotopic (exact) mass is 489 g/mol. The van der Waals surface area contributed by atoms with Gasteiger partial charge in [-0.2, -0.15) is 0 Å². The number of carbonyl (C=O) groups excluding carboxylic acids is 3. The van der Waals surface area contributed by atoms with E-state index in [0.29, 0.717) is 31.1 Å². The number of hydrogen-bond acceptors (Lipinski definition) is 5. The average molecular weight is 490 g/mol. The van der Waals surface area contributed by atoms with Crippen LogP contribution < -0.4 is 25.2 Å². The number of benzene rings is 2. The number of rotatable bonds is 7. The molecule has 3 amide bonds. The predicted molar refractivity (Wildman–Crippen MR) is 119 cm³/mol. The zero-order valence-electron chi connectivity index (χ0n) is 17.3. The zero-order chi connectivity index (χ0) is 22.4. The van der Waals surface area contributed by atoms with Gasteiger partial charge in [0, 0.05) is 22.3 Å². The van der Waals surface area contributed by atoms with Crippen LogP contribution in [0.4, 0.5) is 5.69 Å². The molecule has 1 heterocycles. The van der Waals surface area contributed by atoms with E-state index in [-0.39, 0.29) is 11.5 Å². The van der Waals surface area contributed by atoms with E-state index in [1.54, 1.807) is 17.0 Å². The largest absolute Gasteiger partial charge is 0.493 e. The molecular formula is C22H24BrN3O5. The highest BCUT2D eigenvalue weighted by molar-refractivity contribution is 9.10. The molecule has 1 aliphatic rings. The van der Waals surface area contributed by atoms with Gasteiger partial charge in [-0.3, -0.25) is 25.2 Å². The maximum absolute atomic E-state index is 12.7. The van der Waals surface area contributed by atoms with Crippen LogP contribution >= 0.6 is 15.9 Å². The first kappa shape index (κ1) is 22.6. The van der Waals surface area contributed by atoms with Crippen molar-refractivity contribution < 1.29 is 23.9 Å². The highest BCUT2D eigenvalue weighted by Gasteiger charge is 2.37. The Morgan fingerprint density at radius 2 is 1.97 bits per heavy atom. The molecule has 0 saturated carbocycles. The summed E-state index contributed by atoms with van der Waals surface area (Å²) in [5.41, 5.74) is 5.72. The lowest BCUT2D eigenvalue weighted by Gasteiger charge is -2.17. The van der Waals surface area contributed by atoms with E-state index in [4.69, 9.17) is 9.47 Å². The van der Waals surface area contributed by atoms with Crippen LogP contribution in [0.25, 0.3) is 0 Å². The number of ether oxygens (including phenoxy) is 2. The predicted octanol–water partition coefficient (Wildman–Crippen LogP) is 3.06. The number of halogens is 1. The molecule has 2 N–H and O–H groups in total. The van der Waals surface area contributed by atoms with Crippen LogP contribution in [0.1, 0.15) is 30.1 Å². The molecule has 2 aromatic carbocycles. The Balaban J connectivity index is 1.59. The van der Waals surface area contributed by atoms with E-state index in [2.05, 4.69) is 26.8 Å². The summed E-state index contributed by atoms with van der Waals surface area (Å²) in [6, 6.07) is 12.1. The number of hydrazine groups is 1. The summed E-state index contributed by atoms with van der Waals surface area (Å²) in [4.78, 5) is 39.2. The minimum absolute atomic E-state index is 0.287. The number of carbonyl (C=O) groups is 3. The first-order chi connectivity index (χ1) is 14.9. The third-order valence-corrected chi connectivity index (χ3v) is 5.32. The van der Waals surface area contributed by atoms with Gasteiger partial charge in [-0.1, -0.05) is 28.9 Å². The van der Waals surface area contributed by atoms with Crippen LogP contribution in [0, 0.1) is 5.92 Å². The number of nitrogens with zero attached hydrogens (tertiary/aromatic N) is 1. The van der Waals surface area contributed by atoms with Crippen LogP contribution in [-0.4, -0.2) is 38.0 Å². The summed E-state index contributed by atoms with van der Waals surface area (Å²) in [7, 11) is 1.49. The Morgan fingerprint density at radius 1 is 1.16 bits per heavy atom. The van der Waals surface area contributed by atoms with Gasteiger partial charge in [0.1, 0.15) is 5.92 Å². The smallest absolute Gasteiger partial charge is 0.269 e. The third-order valence-electron chi connectivity index (χ3n) is 4.83. The lowest BCUT2D eigenvalue weighted by atomic mass is 10.1. The van der Waals surface area contributed by atoms with Gasteiger partial charge in [-0.25, -0.2) is 0 Å². The number of nitrogens with one attached hydrogen (secondary N) is 2. The second kappa shape index (κ2) is 10.3. The highest BCUT2D eigenvalue weighted by Crippen LogP contribution is 2.29. The van der Waals surface area contributed by atoms with E-state index < -0.39 is 17.7 Å². The van der Waals surface area contributed by atoms with Crippen LogP contribution in [0.5, 0.6) is 11.5 Å². The van der Waals surface area contributed by atoms with Crippen molar-refractivity contribution in [2.75, 3.05) is 25.2 Å². The van der Waals surface area contributed by atoms with Crippen LogP contribution in [0.3, 0.4) is 0 Å². The van der Waals surface area contributed by atoms with E-state index >= 15 is 0 Å². The van der Waals surface area contributed by atoms with Crippen molar-refractivity contribution in [3.63, 3.8) is 0 Å². The van der Waals surface area contributed by atoms with E-state index in [1.807, 2.05) is 31.2 Å². The Bertz CT molecular complexity index is 981. The maximum Gasteiger partial charge on any atom is 0.269 e. The van der Waals surface area contributed by atoms with Gasteiger partial charge >= 0.3 is 0 Å². The van der Waals surface area contributed by atoms with Gasteiger partial charge in [0.05, 0.1) is 13.7 Å². The first-order valence-electron chi connectivity index (χ1n) is 9.92. The van der Waals surface area contributed by atoms with Gasteiger partial charge in [-0.05, 0) is 49.2 Å². The summed E-state index contributed by atoms with van der Waals surface area (Å²) < 4.78 is 11.7. The van der Waals surface area contributed by atoms with Gasteiger partial charge in [-0.15, -0.1) is 0 Å². The fraction of sp³-hybridized carbons (Fsp3) is 0.318. The minimum Gasteiger partial charge on any atom is -0.493 e. The Kier molecular flexibility index (Phi) is 7.51. The lowest BCUT2D eigenvalue weighted by Crippen LogP contribution is -2.46. The lowest BCUT2D eigenvalue weighted by molar-refractivity contribution is -0.132. The summed E-state index contributed by atoms with van der Waals surface area (Å²) in [5, 5.41) is 0. The third kappa shape index (κ3) is 5.35. The molecule has 0 bridgehead atoms. The molecule has 0 aromatic heterocycles. The van der Waals surface area contributed by atoms with Crippen molar-refractivity contribution in [2.24, 2.45) is 5.92 Å². The van der Waals surface area contributed by atoms with Gasteiger partial charge in [0.2, 0.25) is 5.91 Å². The summed E-state index contributed by atoms with van der Waals surface area (Å²) in [6.45, 7) is 2.95. The zero-order valence-corrected chi connectivity index (χ0v) is 18.9. The van der Waals surface area contributed by atoms with Gasteiger partial charge < -0.3 is 14.4 Å². The fourth-order valence-corrected chi connectivity index (χ4v) is 3.63. The van der Waals surface area contributed by atoms with E-state index in [1.165, 1.54) is 13.2 Å². The first-order valence-corrected chi connectivity index (χ1v) is 10.7. The maximum atomic E-state index is 12.7. The highest BCUT2D eigenvalue weighted by atomic mass is 79.9. The molecule has 0 aliphatic carbocycles. The molecule has 3 rings (SSSR count). The van der Waals surface area contributed by atoms with Gasteiger partial charge in [0.15, 0.2) is 11.5 Å². The molecule has 1 unspecified atom stereocenters. The molecule has 9 heteroatoms. The van der Waals surface area contributed by atoms with Crippen molar-refractivity contribution in [3.05, 3.63) is 52.5 Å². The molecule has 0 radical (unpaired) electrons. The summed E-state index contributed by atoms with van der Waals surface area (Å²) >= 11 is 3.38. The molecule has 8 nitrogen and oxygen atoms in total. The number of methoxy groups -OCH3 is 1. The molecule has 0 spiro atoms. The Labute approximate surface area is 189 Å². The van der Waals surface area contributed by atoms with Gasteiger partial charge in [0.25, 0.3) is 11.8 Å². The number of hydrogen-bond donors (Lipinski definition) is 2. The second-order valence-corrected chi connectivity index (χ2v) is 7.88. The normalized spacial score (nSPS) is 15.5.